The molecular formula is C22H30N4. The smallest absolute Gasteiger partial charge is 0.0542 e. The van der Waals surface area contributed by atoms with Crippen LogP contribution < -0.4 is 4.90 Å². The van der Waals surface area contributed by atoms with E-state index < -0.39 is 0 Å². The maximum absolute atomic E-state index is 4.68. The molecule has 0 atom stereocenters. The first-order chi connectivity index (χ1) is 12.8. The van der Waals surface area contributed by atoms with Gasteiger partial charge in [-0.15, -0.1) is 0 Å². The van der Waals surface area contributed by atoms with Crippen molar-refractivity contribution < 1.29 is 0 Å². The minimum absolute atomic E-state index is 0.987. The van der Waals surface area contributed by atoms with Crippen molar-refractivity contribution >= 4 is 11.9 Å². The lowest BCUT2D eigenvalue weighted by molar-refractivity contribution is 0.131. The zero-order chi connectivity index (χ0) is 18.2. The van der Waals surface area contributed by atoms with E-state index >= 15 is 0 Å². The van der Waals surface area contributed by atoms with Gasteiger partial charge in [-0.05, 0) is 37.1 Å². The molecule has 3 rings (SSSR count). The van der Waals surface area contributed by atoms with E-state index in [1.54, 1.807) is 0 Å². The van der Waals surface area contributed by atoms with Gasteiger partial charge in [0.25, 0.3) is 0 Å². The zero-order valence-corrected chi connectivity index (χ0v) is 16.0. The van der Waals surface area contributed by atoms with E-state index in [-0.39, 0.29) is 0 Å². The maximum atomic E-state index is 4.68. The molecular weight excluding hydrogens is 320 g/mol. The molecule has 26 heavy (non-hydrogen) atoms. The number of hydrogen-bond acceptors (Lipinski definition) is 4. The maximum Gasteiger partial charge on any atom is 0.0542 e. The largest absolute Gasteiger partial charge is 0.372 e. The molecule has 1 aliphatic rings. The second kappa shape index (κ2) is 9.39. The molecule has 4 heteroatoms. The van der Waals surface area contributed by atoms with Crippen molar-refractivity contribution in [2.75, 3.05) is 44.2 Å². The van der Waals surface area contributed by atoms with Gasteiger partial charge in [0.15, 0.2) is 0 Å². The Kier molecular flexibility index (Phi) is 6.67. The van der Waals surface area contributed by atoms with Crippen LogP contribution in [0.3, 0.4) is 0 Å². The highest BCUT2D eigenvalue weighted by atomic mass is 15.5. The third-order valence-corrected chi connectivity index (χ3v) is 4.99. The molecule has 1 fully saturated rings. The number of rotatable bonds is 7. The van der Waals surface area contributed by atoms with Gasteiger partial charge in [-0.3, -0.25) is 9.91 Å². The van der Waals surface area contributed by atoms with E-state index in [0.29, 0.717) is 0 Å². The topological polar surface area (TPSA) is 22.1 Å². The van der Waals surface area contributed by atoms with Crippen LogP contribution >= 0.6 is 0 Å². The second-order valence-corrected chi connectivity index (χ2v) is 6.72. The monoisotopic (exact) mass is 350 g/mol. The van der Waals surface area contributed by atoms with E-state index in [1.807, 2.05) is 6.21 Å². The van der Waals surface area contributed by atoms with Gasteiger partial charge in [-0.2, -0.15) is 5.10 Å². The molecule has 1 heterocycles. The van der Waals surface area contributed by atoms with Gasteiger partial charge < -0.3 is 4.90 Å². The molecule has 0 saturated carbocycles. The zero-order valence-electron chi connectivity index (χ0n) is 16.0. The predicted molar refractivity (Wildman–Crippen MR) is 111 cm³/mol. The summed E-state index contributed by atoms with van der Waals surface area (Å²) in [5.74, 6) is 0. The lowest BCUT2D eigenvalue weighted by Crippen LogP contribution is -2.43. The molecule has 4 nitrogen and oxygen atoms in total. The third kappa shape index (κ3) is 5.09. The van der Waals surface area contributed by atoms with Crippen molar-refractivity contribution in [3.05, 3.63) is 65.7 Å². The van der Waals surface area contributed by atoms with E-state index in [1.165, 1.54) is 11.3 Å². The molecule has 0 spiro atoms. The molecule has 0 amide bonds. The summed E-state index contributed by atoms with van der Waals surface area (Å²) in [7, 11) is 0. The van der Waals surface area contributed by atoms with Crippen LogP contribution in [0, 0.1) is 0 Å². The number of anilines is 1. The van der Waals surface area contributed by atoms with Gasteiger partial charge in [0.2, 0.25) is 0 Å². The van der Waals surface area contributed by atoms with Gasteiger partial charge >= 0.3 is 0 Å². The van der Waals surface area contributed by atoms with Gasteiger partial charge in [0.05, 0.1) is 6.21 Å². The predicted octanol–water partition coefficient (Wildman–Crippen LogP) is 3.68. The summed E-state index contributed by atoms with van der Waals surface area (Å²) in [4.78, 5) is 4.85. The van der Waals surface area contributed by atoms with Crippen molar-refractivity contribution in [2.24, 2.45) is 5.10 Å². The summed E-state index contributed by atoms with van der Waals surface area (Å²) in [5.41, 5.74) is 3.83. The van der Waals surface area contributed by atoms with Crippen LogP contribution in [0.1, 0.15) is 25.0 Å². The van der Waals surface area contributed by atoms with Crippen molar-refractivity contribution in [1.29, 1.82) is 0 Å². The summed E-state index contributed by atoms with van der Waals surface area (Å²) >= 11 is 0. The van der Waals surface area contributed by atoms with Crippen molar-refractivity contribution in [3.63, 3.8) is 0 Å². The summed E-state index contributed by atoms with van der Waals surface area (Å²) < 4.78 is 0. The van der Waals surface area contributed by atoms with Crippen LogP contribution in [0.15, 0.2) is 59.7 Å². The van der Waals surface area contributed by atoms with Crippen LogP contribution in [-0.2, 0) is 6.54 Å². The Morgan fingerprint density at radius 1 is 0.885 bits per heavy atom. The minimum atomic E-state index is 0.987. The molecule has 2 aromatic carbocycles. The van der Waals surface area contributed by atoms with Gasteiger partial charge in [0, 0.05) is 51.5 Å². The van der Waals surface area contributed by atoms with Crippen LogP contribution in [0.5, 0.6) is 0 Å². The van der Waals surface area contributed by atoms with Crippen LogP contribution in [0.2, 0.25) is 0 Å². The van der Waals surface area contributed by atoms with Gasteiger partial charge in [-0.25, -0.2) is 0 Å². The molecule has 1 aliphatic heterocycles. The first-order valence-corrected chi connectivity index (χ1v) is 9.68. The van der Waals surface area contributed by atoms with Crippen molar-refractivity contribution in [2.45, 2.75) is 20.4 Å². The lowest BCUT2D eigenvalue weighted by Gasteiger charge is -2.33. The lowest BCUT2D eigenvalue weighted by atomic mass is 10.2. The second-order valence-electron chi connectivity index (χ2n) is 6.72. The first kappa shape index (κ1) is 18.5. The number of piperazine rings is 1. The summed E-state index contributed by atoms with van der Waals surface area (Å²) in [6, 6.07) is 19.4. The highest BCUT2D eigenvalue weighted by Gasteiger charge is 2.15. The quantitative estimate of drug-likeness (QED) is 0.711. The fourth-order valence-corrected chi connectivity index (χ4v) is 3.36. The van der Waals surface area contributed by atoms with Crippen LogP contribution in [0.25, 0.3) is 0 Å². The Bertz CT molecular complexity index is 669. The van der Waals surface area contributed by atoms with E-state index in [0.717, 1.165) is 51.4 Å². The fourth-order valence-electron chi connectivity index (χ4n) is 3.36. The molecule has 0 N–H and O–H groups in total. The van der Waals surface area contributed by atoms with Crippen molar-refractivity contribution in [1.82, 2.24) is 9.91 Å². The highest BCUT2D eigenvalue weighted by Crippen LogP contribution is 2.14. The summed E-state index contributed by atoms with van der Waals surface area (Å²) in [6.07, 6.45) is 1.98. The van der Waals surface area contributed by atoms with E-state index in [9.17, 15) is 0 Å². The molecule has 2 aromatic rings. The minimum Gasteiger partial charge on any atom is -0.372 e. The molecule has 0 radical (unpaired) electrons. The highest BCUT2D eigenvalue weighted by molar-refractivity contribution is 5.80. The van der Waals surface area contributed by atoms with Crippen LogP contribution in [0.4, 0.5) is 5.69 Å². The Hall–Kier alpha value is -2.33. The summed E-state index contributed by atoms with van der Waals surface area (Å²) in [6.45, 7) is 11.6. The molecule has 0 bridgehead atoms. The third-order valence-electron chi connectivity index (χ3n) is 4.99. The number of nitrogens with zero attached hydrogens (tertiary/aromatic N) is 4. The first-order valence-electron chi connectivity index (χ1n) is 9.68. The SMILES string of the molecule is CCN(CC)c1ccc(/C=N/N2CCN(Cc3ccccc3)CC2)cc1. The Morgan fingerprint density at radius 3 is 2.15 bits per heavy atom. The fraction of sp³-hybridized carbons (Fsp3) is 0.409. The average Bonchev–Trinajstić information content (AvgIpc) is 2.70. The van der Waals surface area contributed by atoms with Gasteiger partial charge in [-0.1, -0.05) is 42.5 Å². The molecule has 0 aromatic heterocycles. The standard InChI is InChI=1S/C22H30N4/c1-3-25(4-2)22-12-10-20(11-13-22)18-23-26-16-14-24(15-17-26)19-21-8-6-5-7-9-21/h5-13,18H,3-4,14-17,19H2,1-2H3/b23-18+. The average molecular weight is 351 g/mol. The van der Waals surface area contributed by atoms with Gasteiger partial charge in [0.1, 0.15) is 0 Å². The number of hydrogen-bond donors (Lipinski definition) is 0. The molecule has 0 unspecified atom stereocenters. The Morgan fingerprint density at radius 2 is 1.54 bits per heavy atom. The van der Waals surface area contributed by atoms with E-state index in [2.05, 4.69) is 88.4 Å². The van der Waals surface area contributed by atoms with E-state index in [4.69, 9.17) is 0 Å². The number of hydrazone groups is 1. The Labute approximate surface area is 157 Å². The molecule has 1 saturated heterocycles. The molecule has 0 aliphatic carbocycles. The molecule has 138 valence electrons. The number of benzene rings is 2. The van der Waals surface area contributed by atoms with Crippen LogP contribution in [-0.4, -0.2) is 55.4 Å². The normalized spacial score (nSPS) is 15.5. The van der Waals surface area contributed by atoms with Crippen molar-refractivity contribution in [3.8, 4) is 0 Å². The summed E-state index contributed by atoms with van der Waals surface area (Å²) in [5, 5.41) is 6.86. The Balaban J connectivity index is 1.48.